The van der Waals surface area contributed by atoms with E-state index >= 15 is 0 Å². The van der Waals surface area contributed by atoms with E-state index in [0.717, 1.165) is 24.2 Å². The van der Waals surface area contributed by atoms with Crippen molar-refractivity contribution in [3.8, 4) is 0 Å². The predicted octanol–water partition coefficient (Wildman–Crippen LogP) is 4.29. The SMILES string of the molecule is O=C(NCc1ccc(C(F)(F)F)cc1)C1=CCCN(Cc2cccc(F)c2)C1. The molecule has 0 bridgehead atoms. The summed E-state index contributed by atoms with van der Waals surface area (Å²) in [7, 11) is 0. The van der Waals surface area contributed by atoms with E-state index < -0.39 is 11.7 Å². The lowest BCUT2D eigenvalue weighted by molar-refractivity contribution is -0.137. The first-order valence-electron chi connectivity index (χ1n) is 8.91. The van der Waals surface area contributed by atoms with Crippen molar-refractivity contribution in [3.05, 3.63) is 82.7 Å². The molecule has 0 radical (unpaired) electrons. The summed E-state index contributed by atoms with van der Waals surface area (Å²) in [6.45, 7) is 1.90. The normalized spacial score (nSPS) is 15.2. The average molecular weight is 392 g/mol. The van der Waals surface area contributed by atoms with Gasteiger partial charge in [0.15, 0.2) is 0 Å². The highest BCUT2D eigenvalue weighted by molar-refractivity contribution is 5.93. The Morgan fingerprint density at radius 2 is 1.82 bits per heavy atom. The summed E-state index contributed by atoms with van der Waals surface area (Å²) in [5, 5.41) is 2.75. The number of hydrogen-bond donors (Lipinski definition) is 1. The van der Waals surface area contributed by atoms with Crippen molar-refractivity contribution >= 4 is 5.91 Å². The minimum absolute atomic E-state index is 0.151. The molecule has 2 aromatic carbocycles. The smallest absolute Gasteiger partial charge is 0.348 e. The van der Waals surface area contributed by atoms with Gasteiger partial charge in [-0.2, -0.15) is 13.2 Å². The molecule has 7 heteroatoms. The molecule has 2 aromatic rings. The van der Waals surface area contributed by atoms with Gasteiger partial charge in [-0.25, -0.2) is 4.39 Å². The van der Waals surface area contributed by atoms with Crippen LogP contribution >= 0.6 is 0 Å². The van der Waals surface area contributed by atoms with E-state index in [4.69, 9.17) is 0 Å². The Labute approximate surface area is 160 Å². The van der Waals surface area contributed by atoms with E-state index in [1.807, 2.05) is 12.1 Å². The third-order valence-corrected chi connectivity index (χ3v) is 4.55. The topological polar surface area (TPSA) is 32.3 Å². The van der Waals surface area contributed by atoms with Crippen molar-refractivity contribution < 1.29 is 22.4 Å². The number of carbonyl (C=O) groups excluding carboxylic acids is 1. The van der Waals surface area contributed by atoms with Gasteiger partial charge in [0.2, 0.25) is 5.91 Å². The lowest BCUT2D eigenvalue weighted by Gasteiger charge is -2.26. The van der Waals surface area contributed by atoms with Crippen LogP contribution in [0.5, 0.6) is 0 Å². The first kappa shape index (κ1) is 20.1. The standard InChI is InChI=1S/C21H20F4N2O/c22-19-5-1-3-16(11-19)13-27-10-2-4-17(14-27)20(28)26-12-15-6-8-18(9-7-15)21(23,24)25/h1,3-9,11H,2,10,12-14H2,(H,26,28). The number of rotatable bonds is 5. The molecule has 1 N–H and O–H groups in total. The molecule has 28 heavy (non-hydrogen) atoms. The maximum Gasteiger partial charge on any atom is 0.416 e. The Morgan fingerprint density at radius 3 is 2.50 bits per heavy atom. The van der Waals surface area contributed by atoms with Gasteiger partial charge in [-0.1, -0.05) is 30.3 Å². The van der Waals surface area contributed by atoms with Crippen molar-refractivity contribution in [2.75, 3.05) is 13.1 Å². The van der Waals surface area contributed by atoms with E-state index in [-0.39, 0.29) is 18.3 Å². The number of amides is 1. The van der Waals surface area contributed by atoms with Crippen LogP contribution in [0.25, 0.3) is 0 Å². The summed E-state index contributed by atoms with van der Waals surface area (Å²) in [6.07, 6.45) is -1.80. The van der Waals surface area contributed by atoms with Crippen molar-refractivity contribution in [1.29, 1.82) is 0 Å². The lowest BCUT2D eigenvalue weighted by Crippen LogP contribution is -2.36. The van der Waals surface area contributed by atoms with Gasteiger partial charge in [-0.3, -0.25) is 9.69 Å². The number of nitrogens with zero attached hydrogens (tertiary/aromatic N) is 1. The van der Waals surface area contributed by atoms with Crippen LogP contribution < -0.4 is 5.32 Å². The Kier molecular flexibility index (Phi) is 6.14. The molecular formula is C21H20F4N2O. The molecule has 1 aliphatic heterocycles. The molecule has 0 saturated heterocycles. The van der Waals surface area contributed by atoms with Crippen molar-refractivity contribution in [3.63, 3.8) is 0 Å². The molecule has 0 aromatic heterocycles. The van der Waals surface area contributed by atoms with E-state index in [9.17, 15) is 22.4 Å². The third-order valence-electron chi connectivity index (χ3n) is 4.55. The number of nitrogens with one attached hydrogen (secondary N) is 1. The number of benzene rings is 2. The van der Waals surface area contributed by atoms with Gasteiger partial charge in [0.05, 0.1) is 5.56 Å². The highest BCUT2D eigenvalue weighted by Gasteiger charge is 2.29. The minimum Gasteiger partial charge on any atom is -0.348 e. The van der Waals surface area contributed by atoms with Crippen LogP contribution in [-0.2, 0) is 24.1 Å². The Bertz CT molecular complexity index is 859. The van der Waals surface area contributed by atoms with Crippen molar-refractivity contribution in [1.82, 2.24) is 10.2 Å². The maximum absolute atomic E-state index is 13.3. The van der Waals surface area contributed by atoms with Gasteiger partial charge in [-0.05, 0) is 41.8 Å². The summed E-state index contributed by atoms with van der Waals surface area (Å²) < 4.78 is 51.1. The van der Waals surface area contributed by atoms with Crippen molar-refractivity contribution in [2.24, 2.45) is 0 Å². The van der Waals surface area contributed by atoms with Crippen LogP contribution in [0.2, 0.25) is 0 Å². The van der Waals surface area contributed by atoms with Crippen LogP contribution in [0.15, 0.2) is 60.2 Å². The van der Waals surface area contributed by atoms with Gasteiger partial charge in [0, 0.05) is 31.8 Å². The van der Waals surface area contributed by atoms with E-state index in [1.165, 1.54) is 24.3 Å². The molecule has 1 amide bonds. The van der Waals surface area contributed by atoms with E-state index in [1.54, 1.807) is 6.07 Å². The predicted molar refractivity (Wildman–Crippen MR) is 97.7 cm³/mol. The average Bonchev–Trinajstić information content (AvgIpc) is 2.66. The zero-order chi connectivity index (χ0) is 20.1. The van der Waals surface area contributed by atoms with Crippen LogP contribution in [0, 0.1) is 5.82 Å². The van der Waals surface area contributed by atoms with Gasteiger partial charge in [-0.15, -0.1) is 0 Å². The summed E-state index contributed by atoms with van der Waals surface area (Å²) >= 11 is 0. The van der Waals surface area contributed by atoms with Crippen LogP contribution in [0.3, 0.4) is 0 Å². The van der Waals surface area contributed by atoms with E-state index in [0.29, 0.717) is 30.6 Å². The highest BCUT2D eigenvalue weighted by Crippen LogP contribution is 2.29. The fraction of sp³-hybridized carbons (Fsp3) is 0.286. The first-order valence-corrected chi connectivity index (χ1v) is 8.91. The summed E-state index contributed by atoms with van der Waals surface area (Å²) in [6, 6.07) is 11.1. The molecule has 0 fully saturated rings. The molecular weight excluding hydrogens is 372 g/mol. The number of carbonyl (C=O) groups is 1. The monoisotopic (exact) mass is 392 g/mol. The molecule has 0 atom stereocenters. The Hall–Kier alpha value is -2.67. The maximum atomic E-state index is 13.3. The molecule has 3 rings (SSSR count). The van der Waals surface area contributed by atoms with Gasteiger partial charge in [0.1, 0.15) is 5.82 Å². The van der Waals surface area contributed by atoms with Crippen LogP contribution in [-0.4, -0.2) is 23.9 Å². The number of hydrogen-bond acceptors (Lipinski definition) is 2. The molecule has 1 heterocycles. The summed E-state index contributed by atoms with van der Waals surface area (Å²) in [5.41, 5.74) is 1.32. The second-order valence-electron chi connectivity index (χ2n) is 6.74. The summed E-state index contributed by atoms with van der Waals surface area (Å²) in [4.78, 5) is 14.5. The fourth-order valence-electron chi connectivity index (χ4n) is 3.11. The summed E-state index contributed by atoms with van der Waals surface area (Å²) in [5.74, 6) is -0.539. The number of halogens is 4. The van der Waals surface area contributed by atoms with Crippen LogP contribution in [0.1, 0.15) is 23.1 Å². The second kappa shape index (κ2) is 8.56. The van der Waals surface area contributed by atoms with E-state index in [2.05, 4.69) is 10.2 Å². The first-order chi connectivity index (χ1) is 13.3. The Morgan fingerprint density at radius 1 is 1.07 bits per heavy atom. The second-order valence-corrected chi connectivity index (χ2v) is 6.74. The molecule has 0 saturated carbocycles. The molecule has 0 spiro atoms. The number of alkyl halides is 3. The molecule has 0 aliphatic carbocycles. The minimum atomic E-state index is -4.38. The molecule has 3 nitrogen and oxygen atoms in total. The van der Waals surface area contributed by atoms with Gasteiger partial charge >= 0.3 is 6.18 Å². The fourth-order valence-corrected chi connectivity index (χ4v) is 3.11. The molecule has 0 unspecified atom stereocenters. The molecule has 1 aliphatic rings. The van der Waals surface area contributed by atoms with Gasteiger partial charge < -0.3 is 5.32 Å². The highest BCUT2D eigenvalue weighted by atomic mass is 19.4. The van der Waals surface area contributed by atoms with Crippen molar-refractivity contribution in [2.45, 2.75) is 25.7 Å². The molecule has 148 valence electrons. The zero-order valence-electron chi connectivity index (χ0n) is 15.1. The quantitative estimate of drug-likeness (QED) is 0.770. The third kappa shape index (κ3) is 5.42. The Balaban J connectivity index is 1.53. The van der Waals surface area contributed by atoms with Gasteiger partial charge in [0.25, 0.3) is 0 Å². The largest absolute Gasteiger partial charge is 0.416 e. The van der Waals surface area contributed by atoms with Crippen LogP contribution in [0.4, 0.5) is 17.6 Å². The lowest BCUT2D eigenvalue weighted by atomic mass is 10.1. The zero-order valence-corrected chi connectivity index (χ0v) is 15.1.